The molecule has 36 heavy (non-hydrogen) atoms. The molecule has 3 heterocycles. The van der Waals surface area contributed by atoms with E-state index in [2.05, 4.69) is 22.4 Å². The summed E-state index contributed by atoms with van der Waals surface area (Å²) >= 11 is 6.10. The monoisotopic (exact) mass is 515 g/mol. The molecule has 1 aromatic rings. The average Bonchev–Trinajstić information content (AvgIpc) is 3.18. The van der Waals surface area contributed by atoms with E-state index >= 15 is 0 Å². The lowest BCUT2D eigenvalue weighted by Gasteiger charge is -2.61. The standard InChI is InChI=1S/C28H42ClN5O2/c1-21(2)33-18-25(35)34(16-22-10-12-23(29)13-11-22)28(26(33)36)19-32(20-28)24-17-31(3)30-27(24)14-8-6-4-5-7-9-15-27/h10-13,21,24,30H,4-9,14-20H2,1-3H3. The number of hydrogen-bond acceptors (Lipinski definition) is 5. The van der Waals surface area contributed by atoms with Gasteiger partial charge in [-0.2, -0.15) is 0 Å². The Morgan fingerprint density at radius 2 is 1.61 bits per heavy atom. The van der Waals surface area contributed by atoms with Gasteiger partial charge >= 0.3 is 0 Å². The number of rotatable bonds is 4. The minimum absolute atomic E-state index is 0.00466. The number of hydrazine groups is 1. The lowest BCUT2D eigenvalue weighted by molar-refractivity contribution is -0.185. The normalized spacial score (nSPS) is 27.4. The average molecular weight is 516 g/mol. The lowest BCUT2D eigenvalue weighted by Crippen LogP contribution is -2.83. The zero-order valence-electron chi connectivity index (χ0n) is 22.1. The fourth-order valence-electron chi connectivity index (χ4n) is 7.06. The first-order valence-corrected chi connectivity index (χ1v) is 14.2. The first kappa shape index (κ1) is 26.0. The van der Waals surface area contributed by atoms with Gasteiger partial charge in [0.15, 0.2) is 0 Å². The Kier molecular flexibility index (Phi) is 7.38. The molecule has 0 aromatic heterocycles. The van der Waals surface area contributed by atoms with Crippen molar-refractivity contribution in [1.82, 2.24) is 25.1 Å². The van der Waals surface area contributed by atoms with Gasteiger partial charge in [0.1, 0.15) is 12.1 Å². The van der Waals surface area contributed by atoms with Gasteiger partial charge in [-0.25, -0.2) is 10.4 Å². The molecule has 1 saturated carbocycles. The van der Waals surface area contributed by atoms with Crippen LogP contribution in [0.3, 0.4) is 0 Å². The highest BCUT2D eigenvalue weighted by Gasteiger charge is 2.63. The number of benzene rings is 1. The predicted octanol–water partition coefficient (Wildman–Crippen LogP) is 3.67. The summed E-state index contributed by atoms with van der Waals surface area (Å²) in [5.74, 6) is 0.141. The minimum atomic E-state index is -0.792. The molecule has 3 saturated heterocycles. The van der Waals surface area contributed by atoms with Crippen LogP contribution in [-0.4, -0.2) is 87.9 Å². The summed E-state index contributed by atoms with van der Waals surface area (Å²) in [6, 6.07) is 7.98. The fourth-order valence-corrected chi connectivity index (χ4v) is 7.19. The number of carbonyl (C=O) groups is 2. The lowest BCUT2D eigenvalue weighted by atomic mass is 9.76. The van der Waals surface area contributed by atoms with Crippen molar-refractivity contribution in [3.05, 3.63) is 34.9 Å². The smallest absolute Gasteiger partial charge is 0.251 e. The molecule has 5 rings (SSSR count). The molecular formula is C28H42ClN5O2. The summed E-state index contributed by atoms with van der Waals surface area (Å²) in [7, 11) is 2.15. The third-order valence-corrected chi connectivity index (χ3v) is 9.28. The molecule has 4 fully saturated rings. The predicted molar refractivity (Wildman–Crippen MR) is 142 cm³/mol. The Morgan fingerprint density at radius 3 is 2.22 bits per heavy atom. The highest BCUT2D eigenvalue weighted by atomic mass is 35.5. The van der Waals surface area contributed by atoms with Gasteiger partial charge in [0.2, 0.25) is 5.91 Å². The van der Waals surface area contributed by atoms with Crippen LogP contribution in [0.5, 0.6) is 0 Å². The second kappa shape index (κ2) is 10.2. The van der Waals surface area contributed by atoms with Crippen molar-refractivity contribution in [2.75, 3.05) is 33.2 Å². The number of hydrogen-bond donors (Lipinski definition) is 1. The van der Waals surface area contributed by atoms with Crippen molar-refractivity contribution in [3.63, 3.8) is 0 Å². The molecule has 4 aliphatic rings. The van der Waals surface area contributed by atoms with E-state index in [4.69, 9.17) is 11.6 Å². The number of likely N-dealkylation sites (tertiary alicyclic amines) is 1. The van der Waals surface area contributed by atoms with Gasteiger partial charge in [-0.05, 0) is 44.4 Å². The molecule has 1 aliphatic carbocycles. The van der Waals surface area contributed by atoms with Gasteiger partial charge in [0.25, 0.3) is 5.91 Å². The molecule has 1 atom stereocenters. The Morgan fingerprint density at radius 1 is 1.00 bits per heavy atom. The van der Waals surface area contributed by atoms with Crippen molar-refractivity contribution < 1.29 is 9.59 Å². The highest BCUT2D eigenvalue weighted by Crippen LogP contribution is 2.42. The first-order chi connectivity index (χ1) is 17.2. The summed E-state index contributed by atoms with van der Waals surface area (Å²) in [6.45, 7) is 6.77. The van der Waals surface area contributed by atoms with Crippen molar-refractivity contribution in [2.45, 2.75) is 94.9 Å². The van der Waals surface area contributed by atoms with Crippen LogP contribution in [0.1, 0.15) is 70.8 Å². The number of piperazine rings is 1. The van der Waals surface area contributed by atoms with Crippen LogP contribution in [-0.2, 0) is 16.1 Å². The molecule has 1 aromatic carbocycles. The van der Waals surface area contributed by atoms with Crippen LogP contribution in [0.15, 0.2) is 24.3 Å². The number of likely N-dealkylation sites (N-methyl/N-ethyl adjacent to an activating group) is 1. The van der Waals surface area contributed by atoms with Crippen LogP contribution >= 0.6 is 11.6 Å². The van der Waals surface area contributed by atoms with Gasteiger partial charge in [-0.1, -0.05) is 62.3 Å². The van der Waals surface area contributed by atoms with Crippen molar-refractivity contribution >= 4 is 23.4 Å². The molecule has 3 aliphatic heterocycles. The first-order valence-electron chi connectivity index (χ1n) is 13.8. The van der Waals surface area contributed by atoms with Crippen LogP contribution in [0, 0.1) is 0 Å². The molecule has 1 unspecified atom stereocenters. The van der Waals surface area contributed by atoms with Crippen LogP contribution < -0.4 is 5.43 Å². The molecule has 1 N–H and O–H groups in total. The SMILES string of the molecule is CC(C)N1CC(=O)N(Cc2ccc(Cl)cc2)C2(CN(C3CN(C)NC34CCCCCCCC4)C2)C1=O. The van der Waals surface area contributed by atoms with E-state index in [1.807, 2.05) is 43.0 Å². The molecule has 8 heteroatoms. The maximum atomic E-state index is 14.0. The van der Waals surface area contributed by atoms with E-state index in [-0.39, 0.29) is 29.9 Å². The maximum absolute atomic E-state index is 14.0. The van der Waals surface area contributed by atoms with Gasteiger partial charge in [0.05, 0.1) is 0 Å². The Hall–Kier alpha value is -1.67. The number of amides is 2. The summed E-state index contributed by atoms with van der Waals surface area (Å²) in [6.07, 6.45) is 10.1. The van der Waals surface area contributed by atoms with Gasteiger partial charge in [0, 0.05) is 55.9 Å². The Balaban J connectivity index is 1.41. The summed E-state index contributed by atoms with van der Waals surface area (Å²) in [5.41, 5.74) is 4.13. The van der Waals surface area contributed by atoms with Crippen molar-refractivity contribution in [3.8, 4) is 0 Å². The van der Waals surface area contributed by atoms with Gasteiger partial charge in [-0.3, -0.25) is 14.5 Å². The second-order valence-corrected chi connectivity index (χ2v) is 12.3. The summed E-state index contributed by atoms with van der Waals surface area (Å²) in [5, 5.41) is 2.93. The molecule has 198 valence electrons. The molecular weight excluding hydrogens is 474 g/mol. The van der Waals surface area contributed by atoms with E-state index in [9.17, 15) is 9.59 Å². The Bertz CT molecular complexity index is 951. The van der Waals surface area contributed by atoms with Crippen molar-refractivity contribution in [1.29, 1.82) is 0 Å². The van der Waals surface area contributed by atoms with E-state index < -0.39 is 5.54 Å². The minimum Gasteiger partial charge on any atom is -0.329 e. The number of carbonyl (C=O) groups excluding carboxylic acids is 2. The molecule has 2 amide bonds. The molecule has 2 spiro atoms. The fraction of sp³-hybridized carbons (Fsp3) is 0.714. The number of halogens is 1. The maximum Gasteiger partial charge on any atom is 0.251 e. The topological polar surface area (TPSA) is 59.1 Å². The van der Waals surface area contributed by atoms with Gasteiger partial charge < -0.3 is 9.80 Å². The molecule has 0 bridgehead atoms. The zero-order chi connectivity index (χ0) is 25.5. The highest BCUT2D eigenvalue weighted by molar-refractivity contribution is 6.30. The largest absolute Gasteiger partial charge is 0.329 e. The van der Waals surface area contributed by atoms with E-state index in [0.29, 0.717) is 30.7 Å². The van der Waals surface area contributed by atoms with Crippen molar-refractivity contribution in [2.24, 2.45) is 0 Å². The molecule has 0 radical (unpaired) electrons. The number of nitrogens with zero attached hydrogens (tertiary/aromatic N) is 4. The van der Waals surface area contributed by atoms with Crippen LogP contribution in [0.25, 0.3) is 0 Å². The van der Waals surface area contributed by atoms with Crippen LogP contribution in [0.2, 0.25) is 5.02 Å². The quantitative estimate of drug-likeness (QED) is 0.663. The third kappa shape index (κ3) is 4.68. The summed E-state index contributed by atoms with van der Waals surface area (Å²) in [4.78, 5) is 33.6. The molecule has 7 nitrogen and oxygen atoms in total. The summed E-state index contributed by atoms with van der Waals surface area (Å²) < 4.78 is 0. The van der Waals surface area contributed by atoms with E-state index in [1.54, 1.807) is 4.90 Å². The number of nitrogens with one attached hydrogen (secondary N) is 1. The third-order valence-electron chi connectivity index (χ3n) is 9.02. The van der Waals surface area contributed by atoms with Crippen LogP contribution in [0.4, 0.5) is 0 Å². The Labute approximate surface area is 221 Å². The second-order valence-electron chi connectivity index (χ2n) is 11.9. The zero-order valence-corrected chi connectivity index (χ0v) is 22.9. The van der Waals surface area contributed by atoms with E-state index in [1.165, 1.54) is 51.4 Å². The van der Waals surface area contributed by atoms with Gasteiger partial charge in [-0.15, -0.1) is 0 Å². The van der Waals surface area contributed by atoms with E-state index in [0.717, 1.165) is 12.1 Å².